The Hall–Kier alpha value is -2.34. The molecule has 0 spiro atoms. The van der Waals surface area contributed by atoms with Crippen LogP contribution in [0.1, 0.15) is 19.7 Å². The molecule has 0 saturated carbocycles. The third-order valence-electron chi connectivity index (χ3n) is 3.64. The van der Waals surface area contributed by atoms with Gasteiger partial charge in [0.25, 0.3) is 0 Å². The van der Waals surface area contributed by atoms with Gasteiger partial charge < -0.3 is 4.90 Å². The average molecular weight is 368 g/mol. The molecular formula is C16H15F3N4OS. The van der Waals surface area contributed by atoms with E-state index >= 15 is 0 Å². The van der Waals surface area contributed by atoms with Crippen LogP contribution in [0.15, 0.2) is 29.3 Å². The maximum Gasteiger partial charge on any atom is 0.451 e. The van der Waals surface area contributed by atoms with E-state index < -0.39 is 17.5 Å². The fourth-order valence-electron chi connectivity index (χ4n) is 1.90. The quantitative estimate of drug-likeness (QED) is 0.610. The van der Waals surface area contributed by atoms with E-state index in [1.54, 1.807) is 32.0 Å². The van der Waals surface area contributed by atoms with Crippen LogP contribution in [0.4, 0.5) is 13.2 Å². The van der Waals surface area contributed by atoms with E-state index in [0.29, 0.717) is 5.39 Å². The summed E-state index contributed by atoms with van der Waals surface area (Å²) in [6.45, 7) is 3.16. The van der Waals surface area contributed by atoms with Crippen LogP contribution in [0, 0.1) is 11.3 Å². The SMILES string of the molecule is CN(C(=O)CSc1nc(C(F)(F)F)nc2ccccc12)C(C)(C)C#N. The topological polar surface area (TPSA) is 69.9 Å². The highest BCUT2D eigenvalue weighted by Crippen LogP contribution is 2.32. The second-order valence-electron chi connectivity index (χ2n) is 5.78. The highest BCUT2D eigenvalue weighted by Gasteiger charge is 2.35. The first kappa shape index (κ1) is 19.0. The zero-order valence-corrected chi connectivity index (χ0v) is 14.6. The number of fused-ring (bicyclic) bond motifs is 1. The lowest BCUT2D eigenvalue weighted by Gasteiger charge is -2.29. The average Bonchev–Trinajstić information content (AvgIpc) is 2.57. The molecule has 5 nitrogen and oxygen atoms in total. The van der Waals surface area contributed by atoms with E-state index in [1.165, 1.54) is 18.0 Å². The fraction of sp³-hybridized carbons (Fsp3) is 0.375. The number of carbonyl (C=O) groups excluding carboxylic acids is 1. The summed E-state index contributed by atoms with van der Waals surface area (Å²) in [5.74, 6) is -1.76. The van der Waals surface area contributed by atoms with Gasteiger partial charge in [0.1, 0.15) is 10.6 Å². The van der Waals surface area contributed by atoms with Gasteiger partial charge in [0.05, 0.1) is 17.3 Å². The summed E-state index contributed by atoms with van der Waals surface area (Å²) in [4.78, 5) is 20.6. The molecule has 1 heterocycles. The Kier molecular flexibility index (Phi) is 5.23. The van der Waals surface area contributed by atoms with Crippen molar-refractivity contribution in [2.24, 2.45) is 0 Å². The molecule has 0 aliphatic carbocycles. The maximum atomic E-state index is 13.0. The minimum atomic E-state index is -4.68. The van der Waals surface area contributed by atoms with E-state index in [0.717, 1.165) is 11.8 Å². The molecule has 1 amide bonds. The van der Waals surface area contributed by atoms with Crippen molar-refractivity contribution in [3.63, 3.8) is 0 Å². The number of hydrogen-bond acceptors (Lipinski definition) is 5. The molecule has 1 aromatic carbocycles. The lowest BCUT2D eigenvalue weighted by molar-refractivity contribution is -0.145. The molecule has 0 aliphatic heterocycles. The summed E-state index contributed by atoms with van der Waals surface area (Å²) in [5.41, 5.74) is -0.854. The summed E-state index contributed by atoms with van der Waals surface area (Å²) in [6, 6.07) is 8.31. The van der Waals surface area contributed by atoms with Crippen LogP contribution >= 0.6 is 11.8 Å². The van der Waals surface area contributed by atoms with Crippen molar-refractivity contribution in [2.45, 2.75) is 30.6 Å². The maximum absolute atomic E-state index is 13.0. The van der Waals surface area contributed by atoms with Crippen LogP contribution in [-0.4, -0.2) is 39.1 Å². The number of benzene rings is 1. The number of aromatic nitrogens is 2. The highest BCUT2D eigenvalue weighted by molar-refractivity contribution is 8.00. The first-order valence-corrected chi connectivity index (χ1v) is 8.19. The molecule has 132 valence electrons. The van der Waals surface area contributed by atoms with E-state index in [9.17, 15) is 18.0 Å². The van der Waals surface area contributed by atoms with Gasteiger partial charge in [-0.1, -0.05) is 30.0 Å². The van der Waals surface area contributed by atoms with Gasteiger partial charge in [-0.3, -0.25) is 4.79 Å². The van der Waals surface area contributed by atoms with Crippen LogP contribution in [0.3, 0.4) is 0 Å². The van der Waals surface area contributed by atoms with Gasteiger partial charge in [-0.2, -0.15) is 18.4 Å². The molecule has 0 saturated heterocycles. The molecule has 25 heavy (non-hydrogen) atoms. The first-order valence-electron chi connectivity index (χ1n) is 7.21. The Balaban J connectivity index is 2.32. The van der Waals surface area contributed by atoms with Gasteiger partial charge in [0.2, 0.25) is 11.7 Å². The third-order valence-corrected chi connectivity index (χ3v) is 4.62. The molecule has 0 N–H and O–H groups in total. The molecular weight excluding hydrogens is 353 g/mol. The standard InChI is InChI=1S/C16H15F3N4OS/c1-15(2,9-20)23(3)12(24)8-25-13-10-6-4-5-7-11(10)21-14(22-13)16(17,18)19/h4-7H,8H2,1-3H3. The second-order valence-corrected chi connectivity index (χ2v) is 6.74. The fourth-order valence-corrected chi connectivity index (χ4v) is 2.83. The second kappa shape index (κ2) is 6.88. The molecule has 0 aliphatic rings. The van der Waals surface area contributed by atoms with E-state index in [1.807, 2.05) is 6.07 Å². The number of amides is 1. The van der Waals surface area contributed by atoms with Gasteiger partial charge in [-0.25, -0.2) is 9.97 Å². The van der Waals surface area contributed by atoms with Gasteiger partial charge in [0.15, 0.2) is 0 Å². The number of nitrogens with zero attached hydrogens (tertiary/aromatic N) is 4. The molecule has 0 unspecified atom stereocenters. The molecule has 0 bridgehead atoms. The van der Waals surface area contributed by atoms with Crippen LogP contribution in [0.2, 0.25) is 0 Å². The number of hydrogen-bond donors (Lipinski definition) is 0. The molecule has 2 rings (SSSR count). The van der Waals surface area contributed by atoms with Gasteiger partial charge >= 0.3 is 6.18 Å². The predicted molar refractivity (Wildman–Crippen MR) is 87.7 cm³/mol. The van der Waals surface area contributed by atoms with E-state index in [4.69, 9.17) is 5.26 Å². The zero-order chi connectivity index (χ0) is 18.8. The van der Waals surface area contributed by atoms with Crippen molar-refractivity contribution in [3.8, 4) is 6.07 Å². The Labute approximate surface area is 146 Å². The van der Waals surface area contributed by atoms with Crippen molar-refractivity contribution in [3.05, 3.63) is 30.1 Å². The third kappa shape index (κ3) is 4.20. The Morgan fingerprint density at radius 3 is 2.52 bits per heavy atom. The van der Waals surface area contributed by atoms with Crippen molar-refractivity contribution in [2.75, 3.05) is 12.8 Å². The van der Waals surface area contributed by atoms with E-state index in [-0.39, 0.29) is 22.2 Å². The number of para-hydroxylation sites is 1. The van der Waals surface area contributed by atoms with Crippen LogP contribution < -0.4 is 0 Å². The van der Waals surface area contributed by atoms with E-state index in [2.05, 4.69) is 9.97 Å². The van der Waals surface area contributed by atoms with Crippen molar-refractivity contribution in [1.82, 2.24) is 14.9 Å². The van der Waals surface area contributed by atoms with Crippen molar-refractivity contribution in [1.29, 1.82) is 5.26 Å². The number of halogens is 3. The van der Waals surface area contributed by atoms with Crippen LogP contribution in [0.5, 0.6) is 0 Å². The smallest absolute Gasteiger partial charge is 0.327 e. The van der Waals surface area contributed by atoms with Gasteiger partial charge in [0, 0.05) is 12.4 Å². The minimum absolute atomic E-state index is 0.0782. The van der Waals surface area contributed by atoms with Crippen LogP contribution in [-0.2, 0) is 11.0 Å². The molecule has 0 radical (unpaired) electrons. The normalized spacial score (nSPS) is 12.0. The minimum Gasteiger partial charge on any atom is -0.327 e. The number of carbonyl (C=O) groups is 1. The van der Waals surface area contributed by atoms with Crippen molar-refractivity contribution >= 4 is 28.6 Å². The summed E-state index contributed by atoms with van der Waals surface area (Å²) >= 11 is 0.891. The van der Waals surface area contributed by atoms with Crippen LogP contribution in [0.25, 0.3) is 10.9 Å². The Bertz CT molecular complexity index is 845. The Morgan fingerprint density at radius 2 is 1.92 bits per heavy atom. The van der Waals surface area contributed by atoms with Gasteiger partial charge in [-0.15, -0.1) is 0 Å². The molecule has 1 aromatic heterocycles. The number of alkyl halides is 3. The summed E-state index contributed by atoms with van der Waals surface area (Å²) < 4.78 is 38.9. The zero-order valence-electron chi connectivity index (χ0n) is 13.8. The predicted octanol–water partition coefficient (Wildman–Crippen LogP) is 3.50. The molecule has 2 aromatic rings. The monoisotopic (exact) mass is 368 g/mol. The highest BCUT2D eigenvalue weighted by atomic mass is 32.2. The summed E-state index contributed by atoms with van der Waals surface area (Å²) in [5, 5.41) is 9.59. The van der Waals surface area contributed by atoms with Gasteiger partial charge in [-0.05, 0) is 19.9 Å². The lowest BCUT2D eigenvalue weighted by atomic mass is 10.1. The van der Waals surface area contributed by atoms with Crippen molar-refractivity contribution < 1.29 is 18.0 Å². The number of thioether (sulfide) groups is 1. The molecule has 0 atom stereocenters. The number of nitriles is 1. The Morgan fingerprint density at radius 1 is 1.28 bits per heavy atom. The largest absolute Gasteiger partial charge is 0.451 e. The summed E-state index contributed by atoms with van der Waals surface area (Å²) in [6.07, 6.45) is -4.68. The first-order chi connectivity index (χ1) is 11.6. The summed E-state index contributed by atoms with van der Waals surface area (Å²) in [7, 11) is 1.48. The molecule has 9 heteroatoms. The lowest BCUT2D eigenvalue weighted by Crippen LogP contribution is -2.44. The number of rotatable bonds is 4. The molecule has 0 fully saturated rings.